The predicted octanol–water partition coefficient (Wildman–Crippen LogP) is 4.90. The molecule has 0 radical (unpaired) electrons. The van der Waals surface area contributed by atoms with E-state index >= 15 is 0 Å². The number of aromatic nitrogens is 5. The lowest BCUT2D eigenvalue weighted by Gasteiger charge is -2.40. The number of aromatic hydroxyl groups is 1. The summed E-state index contributed by atoms with van der Waals surface area (Å²) >= 11 is 0. The summed E-state index contributed by atoms with van der Waals surface area (Å²) in [5, 5.41) is 27.8. The van der Waals surface area contributed by atoms with E-state index in [0.717, 1.165) is 32.1 Å². The van der Waals surface area contributed by atoms with Crippen LogP contribution in [0.4, 0.5) is 10.2 Å². The topological polar surface area (TPSA) is 97.2 Å². The number of benzene rings is 1. The van der Waals surface area contributed by atoms with Crippen molar-refractivity contribution in [3.8, 4) is 34.1 Å². The first-order chi connectivity index (χ1) is 17.0. The molecule has 184 valence electrons. The number of aryl methyl sites for hydroxylation is 1. The molecule has 3 aromatic rings. The van der Waals surface area contributed by atoms with Gasteiger partial charge < -0.3 is 14.7 Å². The summed E-state index contributed by atoms with van der Waals surface area (Å²) in [5.41, 5.74) is 2.43. The molecule has 1 N–H and O–H groups in total. The van der Waals surface area contributed by atoms with E-state index in [1.54, 1.807) is 31.5 Å². The van der Waals surface area contributed by atoms with Crippen molar-refractivity contribution < 1.29 is 14.2 Å². The molecule has 9 heteroatoms. The normalized spacial score (nSPS) is 22.1. The molecule has 3 atom stereocenters. The van der Waals surface area contributed by atoms with Gasteiger partial charge in [0.15, 0.2) is 11.6 Å². The van der Waals surface area contributed by atoms with Crippen LogP contribution >= 0.6 is 0 Å². The number of anilines is 1. The zero-order chi connectivity index (χ0) is 24.5. The number of phenolic OH excluding ortho intramolecular Hbond substituents is 1. The first kappa shape index (κ1) is 23.4. The molecule has 2 heterocycles. The number of halogens is 1. The Hall–Kier alpha value is -3.36. The fourth-order valence-electron chi connectivity index (χ4n) is 5.01. The molecule has 8 nitrogen and oxygen atoms in total. The summed E-state index contributed by atoms with van der Waals surface area (Å²) in [5.74, 6) is 2.11. The number of hydrogen-bond acceptors (Lipinski definition) is 8. The van der Waals surface area contributed by atoms with Crippen molar-refractivity contribution in [3.63, 3.8) is 0 Å². The second-order valence-electron chi connectivity index (χ2n) is 9.56. The molecule has 0 amide bonds. The van der Waals surface area contributed by atoms with Crippen molar-refractivity contribution in [2.75, 3.05) is 12.0 Å². The Morgan fingerprint density at radius 3 is 2.57 bits per heavy atom. The van der Waals surface area contributed by atoms with Gasteiger partial charge in [-0.05, 0) is 57.1 Å². The van der Waals surface area contributed by atoms with Gasteiger partial charge in [-0.25, -0.2) is 9.37 Å². The molecule has 2 aliphatic rings. The zero-order valence-corrected chi connectivity index (χ0v) is 20.4. The molecule has 2 aromatic heterocycles. The molecule has 1 aromatic carbocycles. The maximum absolute atomic E-state index is 15.0. The van der Waals surface area contributed by atoms with Gasteiger partial charge >= 0.3 is 0 Å². The second kappa shape index (κ2) is 9.71. The number of nitrogens with zero attached hydrogens (tertiary/aromatic N) is 6. The number of phenols is 1. The first-order valence-electron chi connectivity index (χ1n) is 12.3. The highest BCUT2D eigenvalue weighted by molar-refractivity contribution is 5.71. The minimum atomic E-state index is -0.861. The largest absolute Gasteiger partial charge is 0.507 e. The Bertz CT molecular complexity index is 1190. The van der Waals surface area contributed by atoms with E-state index in [1.165, 1.54) is 0 Å². The average molecular weight is 479 g/mol. The lowest BCUT2D eigenvalue weighted by molar-refractivity contribution is 0.166. The van der Waals surface area contributed by atoms with E-state index in [2.05, 4.69) is 37.2 Å². The highest BCUT2D eigenvalue weighted by Gasteiger charge is 2.41. The van der Waals surface area contributed by atoms with E-state index in [1.807, 2.05) is 13.0 Å². The fraction of sp³-hybridized carbons (Fsp3) is 0.500. The lowest BCUT2D eigenvalue weighted by Crippen LogP contribution is -2.47. The summed E-state index contributed by atoms with van der Waals surface area (Å²) in [6.07, 6.45) is 6.34. The molecular formula is C26H31FN6O2. The van der Waals surface area contributed by atoms with Gasteiger partial charge in [-0.3, -0.25) is 0 Å². The number of ether oxygens (including phenoxy) is 1. The molecule has 0 aliphatic heterocycles. The van der Waals surface area contributed by atoms with Gasteiger partial charge in [0.2, 0.25) is 0 Å². The SMILES string of the molecule is CC[C@@H]1CC[C@H](F)[C@H](N(c2cnc(-c3ccc(-c4cc(OC)c(C)nn4)cc3O)nn2)C2CC2)C1. The van der Waals surface area contributed by atoms with Gasteiger partial charge in [-0.2, -0.15) is 5.10 Å². The Morgan fingerprint density at radius 2 is 1.91 bits per heavy atom. The lowest BCUT2D eigenvalue weighted by atomic mass is 9.82. The van der Waals surface area contributed by atoms with E-state index in [9.17, 15) is 9.50 Å². The third kappa shape index (κ3) is 4.76. The van der Waals surface area contributed by atoms with Gasteiger partial charge in [-0.1, -0.05) is 19.4 Å². The van der Waals surface area contributed by atoms with Crippen molar-refractivity contribution in [1.29, 1.82) is 0 Å². The molecule has 35 heavy (non-hydrogen) atoms. The molecule has 2 saturated carbocycles. The maximum atomic E-state index is 15.0. The summed E-state index contributed by atoms with van der Waals surface area (Å²) < 4.78 is 20.3. The van der Waals surface area contributed by atoms with E-state index in [0.29, 0.717) is 58.3 Å². The third-order valence-electron chi connectivity index (χ3n) is 7.22. The van der Waals surface area contributed by atoms with Crippen LogP contribution in [-0.2, 0) is 0 Å². The van der Waals surface area contributed by atoms with Crippen molar-refractivity contribution in [2.45, 2.75) is 70.6 Å². The Labute approximate surface area is 204 Å². The highest BCUT2D eigenvalue weighted by atomic mass is 19.1. The van der Waals surface area contributed by atoms with Crippen LogP contribution in [0, 0.1) is 12.8 Å². The third-order valence-corrected chi connectivity index (χ3v) is 7.22. The fourth-order valence-corrected chi connectivity index (χ4v) is 5.01. The van der Waals surface area contributed by atoms with Gasteiger partial charge in [0.05, 0.1) is 30.6 Å². The summed E-state index contributed by atoms with van der Waals surface area (Å²) in [6, 6.07) is 7.06. The summed E-state index contributed by atoms with van der Waals surface area (Å²) in [7, 11) is 1.58. The number of alkyl halides is 1. The molecular weight excluding hydrogens is 447 g/mol. The van der Waals surface area contributed by atoms with Crippen LogP contribution in [0.3, 0.4) is 0 Å². The Balaban J connectivity index is 1.39. The van der Waals surface area contributed by atoms with Crippen molar-refractivity contribution in [3.05, 3.63) is 36.2 Å². The molecule has 2 fully saturated rings. The van der Waals surface area contributed by atoms with Crippen LogP contribution in [0.2, 0.25) is 0 Å². The van der Waals surface area contributed by atoms with E-state index in [-0.39, 0.29) is 11.8 Å². The molecule has 2 aliphatic carbocycles. The molecule has 0 unspecified atom stereocenters. The van der Waals surface area contributed by atoms with Crippen LogP contribution < -0.4 is 9.64 Å². The summed E-state index contributed by atoms with van der Waals surface area (Å²) in [4.78, 5) is 6.61. The molecule has 0 saturated heterocycles. The minimum Gasteiger partial charge on any atom is -0.507 e. The molecule has 5 rings (SSSR count). The van der Waals surface area contributed by atoms with Crippen LogP contribution in [0.1, 0.15) is 51.1 Å². The standard InChI is InChI=1S/C26H31FN6O2/c1-4-16-5-10-20(27)22(11-16)33(18-7-8-18)25-14-28-26(32-31-25)19-9-6-17(12-23(19)34)21-13-24(35-3)15(2)29-30-21/h6,9,12-14,16,18,20,22,34H,4-5,7-8,10-11H2,1-3H3/t16-,20+,22-/m1/s1. The van der Waals surface area contributed by atoms with Gasteiger partial charge in [0.25, 0.3) is 0 Å². The van der Waals surface area contributed by atoms with Gasteiger partial charge in [0, 0.05) is 17.7 Å². The van der Waals surface area contributed by atoms with Gasteiger partial charge in [-0.15, -0.1) is 15.3 Å². The zero-order valence-electron chi connectivity index (χ0n) is 20.4. The second-order valence-corrected chi connectivity index (χ2v) is 9.56. The monoisotopic (exact) mass is 478 g/mol. The number of methoxy groups -OCH3 is 1. The van der Waals surface area contributed by atoms with Gasteiger partial charge in [0.1, 0.15) is 23.4 Å². The van der Waals surface area contributed by atoms with Crippen molar-refractivity contribution in [2.24, 2.45) is 5.92 Å². The molecule has 0 bridgehead atoms. The minimum absolute atomic E-state index is 0.0133. The molecule has 0 spiro atoms. The van der Waals surface area contributed by atoms with E-state index < -0.39 is 6.17 Å². The Morgan fingerprint density at radius 1 is 1.09 bits per heavy atom. The predicted molar refractivity (Wildman–Crippen MR) is 131 cm³/mol. The van der Waals surface area contributed by atoms with E-state index in [4.69, 9.17) is 4.74 Å². The quantitative estimate of drug-likeness (QED) is 0.512. The first-order valence-corrected chi connectivity index (χ1v) is 12.3. The smallest absolute Gasteiger partial charge is 0.185 e. The van der Waals surface area contributed by atoms with Crippen LogP contribution in [-0.4, -0.2) is 55.9 Å². The number of rotatable bonds is 7. The Kier molecular flexibility index (Phi) is 6.49. The summed E-state index contributed by atoms with van der Waals surface area (Å²) in [6.45, 7) is 4.00. The average Bonchev–Trinajstić information content (AvgIpc) is 3.71. The van der Waals surface area contributed by atoms with Crippen molar-refractivity contribution >= 4 is 5.82 Å². The maximum Gasteiger partial charge on any atom is 0.185 e. The van der Waals surface area contributed by atoms with Crippen LogP contribution in [0.5, 0.6) is 11.5 Å². The number of hydrogen-bond donors (Lipinski definition) is 1. The van der Waals surface area contributed by atoms with Crippen LogP contribution in [0.15, 0.2) is 30.5 Å². The highest BCUT2D eigenvalue weighted by Crippen LogP contribution is 2.40. The van der Waals surface area contributed by atoms with Crippen molar-refractivity contribution in [1.82, 2.24) is 25.4 Å². The van der Waals surface area contributed by atoms with Crippen LogP contribution in [0.25, 0.3) is 22.6 Å².